The lowest BCUT2D eigenvalue weighted by Gasteiger charge is -2.03. The van der Waals surface area contributed by atoms with Gasteiger partial charge in [-0.1, -0.05) is 18.2 Å². The molecule has 1 aliphatic carbocycles. The number of benzene rings is 1. The Hall–Kier alpha value is -2.56. The number of aromatic nitrogens is 1. The third kappa shape index (κ3) is 2.11. The van der Waals surface area contributed by atoms with E-state index in [0.29, 0.717) is 17.5 Å². The molecular formula is C16H16N4O. The Labute approximate surface area is 122 Å². The van der Waals surface area contributed by atoms with Crippen molar-refractivity contribution in [2.24, 2.45) is 12.1 Å². The molecule has 1 aliphatic heterocycles. The molecule has 106 valence electrons. The van der Waals surface area contributed by atoms with Crippen molar-refractivity contribution in [1.29, 1.82) is 0 Å². The largest absolute Gasteiger partial charge is 0.365 e. The second-order valence-electron chi connectivity index (χ2n) is 5.59. The summed E-state index contributed by atoms with van der Waals surface area (Å²) in [6.45, 7) is 0. The van der Waals surface area contributed by atoms with Crippen LogP contribution in [-0.4, -0.2) is 22.4 Å². The van der Waals surface area contributed by atoms with Crippen LogP contribution in [0.5, 0.6) is 0 Å². The predicted octanol–water partition coefficient (Wildman–Crippen LogP) is 1.76. The molecular weight excluding hydrogens is 264 g/mol. The predicted molar refractivity (Wildman–Crippen MR) is 82.6 cm³/mol. The molecule has 2 aromatic rings. The molecule has 1 amide bonds. The second-order valence-corrected chi connectivity index (χ2v) is 5.59. The maximum Gasteiger partial charge on any atom is 0.275 e. The Morgan fingerprint density at radius 3 is 3.00 bits per heavy atom. The van der Waals surface area contributed by atoms with Crippen LogP contribution in [0.3, 0.4) is 0 Å². The van der Waals surface area contributed by atoms with Gasteiger partial charge in [0, 0.05) is 35.8 Å². The third-order valence-electron chi connectivity index (χ3n) is 3.91. The van der Waals surface area contributed by atoms with Gasteiger partial charge in [0.2, 0.25) is 0 Å². The average Bonchev–Trinajstić information content (AvgIpc) is 3.17. The van der Waals surface area contributed by atoms with Gasteiger partial charge >= 0.3 is 0 Å². The number of rotatable bonds is 2. The SMILES string of the molecule is Cn1cc(C=C2C(=O)NN=C2NC2CC2)c2ccccc21. The third-order valence-corrected chi connectivity index (χ3v) is 3.91. The van der Waals surface area contributed by atoms with Gasteiger partial charge in [0.1, 0.15) is 0 Å². The number of para-hydroxylation sites is 1. The van der Waals surface area contributed by atoms with Crippen LogP contribution in [0.15, 0.2) is 41.1 Å². The maximum atomic E-state index is 12.0. The molecule has 0 radical (unpaired) electrons. The molecule has 1 aromatic carbocycles. The fourth-order valence-electron chi connectivity index (χ4n) is 2.64. The van der Waals surface area contributed by atoms with E-state index in [0.717, 1.165) is 29.3 Å². The quantitative estimate of drug-likeness (QED) is 0.824. The number of carbonyl (C=O) groups excluding carboxylic acids is 1. The van der Waals surface area contributed by atoms with Crippen molar-refractivity contribution in [3.05, 3.63) is 41.6 Å². The van der Waals surface area contributed by atoms with E-state index in [9.17, 15) is 4.79 Å². The molecule has 2 aliphatic rings. The summed E-state index contributed by atoms with van der Waals surface area (Å²) < 4.78 is 2.07. The average molecular weight is 280 g/mol. The smallest absolute Gasteiger partial charge is 0.275 e. The van der Waals surface area contributed by atoms with Gasteiger partial charge in [-0.2, -0.15) is 5.10 Å². The highest BCUT2D eigenvalue weighted by Gasteiger charge is 2.29. The lowest BCUT2D eigenvalue weighted by molar-refractivity contribution is -0.116. The monoisotopic (exact) mass is 280 g/mol. The van der Waals surface area contributed by atoms with E-state index >= 15 is 0 Å². The van der Waals surface area contributed by atoms with Gasteiger partial charge in [-0.3, -0.25) is 4.79 Å². The van der Waals surface area contributed by atoms with Crippen LogP contribution in [0.2, 0.25) is 0 Å². The van der Waals surface area contributed by atoms with Crippen molar-refractivity contribution in [2.45, 2.75) is 18.9 Å². The van der Waals surface area contributed by atoms with E-state index < -0.39 is 0 Å². The zero-order valence-electron chi connectivity index (χ0n) is 11.8. The summed E-state index contributed by atoms with van der Waals surface area (Å²) in [5.41, 5.74) is 5.33. The van der Waals surface area contributed by atoms with E-state index in [2.05, 4.69) is 32.5 Å². The molecule has 1 aromatic heterocycles. The summed E-state index contributed by atoms with van der Waals surface area (Å²) in [7, 11) is 2.01. The Morgan fingerprint density at radius 1 is 1.38 bits per heavy atom. The lowest BCUT2D eigenvalue weighted by Crippen LogP contribution is -2.26. The summed E-state index contributed by atoms with van der Waals surface area (Å²) in [4.78, 5) is 12.0. The topological polar surface area (TPSA) is 58.4 Å². The summed E-state index contributed by atoms with van der Waals surface area (Å²) in [5, 5.41) is 8.53. The number of nitrogens with zero attached hydrogens (tertiary/aromatic N) is 2. The molecule has 0 unspecified atom stereocenters. The summed E-state index contributed by atoms with van der Waals surface area (Å²) in [5.74, 6) is 0.515. The zero-order valence-corrected chi connectivity index (χ0v) is 11.8. The van der Waals surface area contributed by atoms with Crippen LogP contribution in [0, 0.1) is 0 Å². The number of amides is 1. The van der Waals surface area contributed by atoms with Gasteiger partial charge < -0.3 is 9.88 Å². The minimum atomic E-state index is -0.147. The first-order valence-corrected chi connectivity index (χ1v) is 7.13. The highest BCUT2D eigenvalue weighted by molar-refractivity contribution is 6.27. The van der Waals surface area contributed by atoms with Gasteiger partial charge in [-0.05, 0) is 25.0 Å². The number of hydrazone groups is 1. The molecule has 5 nitrogen and oxygen atoms in total. The highest BCUT2D eigenvalue weighted by atomic mass is 16.2. The molecule has 0 saturated heterocycles. The fourth-order valence-corrected chi connectivity index (χ4v) is 2.64. The van der Waals surface area contributed by atoms with Crippen molar-refractivity contribution in [1.82, 2.24) is 15.3 Å². The van der Waals surface area contributed by atoms with Crippen molar-refractivity contribution in [3.63, 3.8) is 0 Å². The normalized spacial score (nSPS) is 20.0. The number of nitrogens with one attached hydrogen (secondary N) is 2. The Bertz CT molecular complexity index is 796. The number of fused-ring (bicyclic) bond motifs is 1. The molecule has 0 atom stereocenters. The summed E-state index contributed by atoms with van der Waals surface area (Å²) >= 11 is 0. The Morgan fingerprint density at radius 2 is 2.19 bits per heavy atom. The van der Waals surface area contributed by atoms with E-state index in [1.807, 2.05) is 31.5 Å². The number of amidine groups is 1. The van der Waals surface area contributed by atoms with E-state index in [1.165, 1.54) is 0 Å². The van der Waals surface area contributed by atoms with Crippen LogP contribution in [-0.2, 0) is 11.8 Å². The molecule has 2 heterocycles. The van der Waals surface area contributed by atoms with Gasteiger partial charge in [0.05, 0.1) is 5.57 Å². The van der Waals surface area contributed by atoms with Crippen LogP contribution >= 0.6 is 0 Å². The van der Waals surface area contributed by atoms with Crippen LogP contribution in [0.1, 0.15) is 18.4 Å². The standard InChI is InChI=1S/C16H16N4O/c1-20-9-10(12-4-2-3-5-14(12)20)8-13-15(17-11-6-7-11)18-19-16(13)21/h2-5,8-9,11H,6-7H2,1H3,(H,17,18)(H,19,21). The van der Waals surface area contributed by atoms with E-state index in [1.54, 1.807) is 0 Å². The molecule has 5 heteroatoms. The minimum absolute atomic E-state index is 0.147. The van der Waals surface area contributed by atoms with Crippen molar-refractivity contribution in [3.8, 4) is 0 Å². The van der Waals surface area contributed by atoms with Gasteiger partial charge in [0.15, 0.2) is 5.84 Å². The molecule has 21 heavy (non-hydrogen) atoms. The fraction of sp³-hybridized carbons (Fsp3) is 0.250. The zero-order chi connectivity index (χ0) is 14.4. The van der Waals surface area contributed by atoms with E-state index in [-0.39, 0.29) is 5.91 Å². The van der Waals surface area contributed by atoms with E-state index in [4.69, 9.17) is 0 Å². The second kappa shape index (κ2) is 4.48. The minimum Gasteiger partial charge on any atom is -0.365 e. The van der Waals surface area contributed by atoms with Gasteiger partial charge in [-0.15, -0.1) is 0 Å². The first-order valence-electron chi connectivity index (χ1n) is 7.13. The first-order chi connectivity index (χ1) is 10.2. The Balaban J connectivity index is 1.77. The number of hydrogen-bond donors (Lipinski definition) is 2. The van der Waals surface area contributed by atoms with Crippen LogP contribution < -0.4 is 10.7 Å². The number of carbonyl (C=O) groups is 1. The molecule has 2 N–H and O–H groups in total. The van der Waals surface area contributed by atoms with Crippen LogP contribution in [0.25, 0.3) is 17.0 Å². The highest BCUT2D eigenvalue weighted by Crippen LogP contribution is 2.25. The van der Waals surface area contributed by atoms with Gasteiger partial charge in [-0.25, -0.2) is 5.43 Å². The Kier molecular flexibility index (Phi) is 2.60. The summed E-state index contributed by atoms with van der Waals surface area (Å²) in [6.07, 6.45) is 6.25. The van der Waals surface area contributed by atoms with Crippen molar-refractivity contribution < 1.29 is 4.79 Å². The van der Waals surface area contributed by atoms with Crippen molar-refractivity contribution in [2.75, 3.05) is 0 Å². The first kappa shape index (κ1) is 12.2. The molecule has 4 rings (SSSR count). The molecule has 1 saturated carbocycles. The summed E-state index contributed by atoms with van der Waals surface area (Å²) in [6, 6.07) is 8.63. The van der Waals surface area contributed by atoms with Crippen molar-refractivity contribution >= 4 is 28.7 Å². The van der Waals surface area contributed by atoms with Crippen LogP contribution in [0.4, 0.5) is 0 Å². The number of hydrogen-bond acceptors (Lipinski definition) is 3. The lowest BCUT2D eigenvalue weighted by atomic mass is 10.1. The molecule has 0 spiro atoms. The molecule has 1 fully saturated rings. The molecule has 0 bridgehead atoms. The van der Waals surface area contributed by atoms with Gasteiger partial charge in [0.25, 0.3) is 5.91 Å². The number of aryl methyl sites for hydroxylation is 1. The maximum absolute atomic E-state index is 12.0.